The average Bonchev–Trinajstić information content (AvgIpc) is 2.70. The van der Waals surface area contributed by atoms with Gasteiger partial charge in [-0.3, -0.25) is 29.4 Å². The van der Waals surface area contributed by atoms with Crippen LogP contribution in [-0.4, -0.2) is 46.1 Å². The molecule has 4 rings (SSSR count). The van der Waals surface area contributed by atoms with Crippen LogP contribution in [0, 0.1) is 0 Å². The van der Waals surface area contributed by atoms with Gasteiger partial charge >= 0.3 is 0 Å². The first kappa shape index (κ1) is 14.4. The highest BCUT2D eigenvalue weighted by Gasteiger charge is 2.44. The smallest absolute Gasteiger partial charge is 0.262 e. The Bertz CT molecular complexity index is 756. The van der Waals surface area contributed by atoms with E-state index in [1.807, 2.05) is 17.8 Å². The first-order valence-corrected chi connectivity index (χ1v) is 8.65. The van der Waals surface area contributed by atoms with Crippen LogP contribution < -0.4 is 5.32 Å². The first-order valence-electron chi connectivity index (χ1n) is 7.49. The van der Waals surface area contributed by atoms with Crippen LogP contribution in [0.4, 0.5) is 0 Å². The number of fused-ring (bicyclic) bond motifs is 1. The fourth-order valence-electron chi connectivity index (χ4n) is 3.17. The van der Waals surface area contributed by atoms with E-state index in [1.165, 1.54) is 0 Å². The van der Waals surface area contributed by atoms with Crippen molar-refractivity contribution in [2.45, 2.75) is 24.8 Å². The van der Waals surface area contributed by atoms with Crippen molar-refractivity contribution in [1.82, 2.24) is 10.2 Å². The predicted molar refractivity (Wildman–Crippen MR) is 83.2 cm³/mol. The van der Waals surface area contributed by atoms with Crippen LogP contribution in [0.15, 0.2) is 18.2 Å². The molecule has 1 aromatic carbocycles. The molecule has 1 atom stereocenters. The minimum atomic E-state index is -0.900. The molecule has 2 saturated heterocycles. The van der Waals surface area contributed by atoms with Crippen LogP contribution in [-0.2, 0) is 9.59 Å². The lowest BCUT2D eigenvalue weighted by atomic mass is 9.97. The molecule has 0 aliphatic carbocycles. The molecule has 0 aromatic heterocycles. The molecule has 118 valence electrons. The maximum atomic E-state index is 12.6. The van der Waals surface area contributed by atoms with Crippen molar-refractivity contribution < 1.29 is 19.2 Å². The van der Waals surface area contributed by atoms with Crippen molar-refractivity contribution in [3.05, 3.63) is 34.9 Å². The normalized spacial score (nSPS) is 24.5. The number of thioether (sulfide) groups is 1. The number of hydrogen-bond donors (Lipinski definition) is 1. The molecule has 7 heteroatoms. The van der Waals surface area contributed by atoms with Gasteiger partial charge in [-0.2, -0.15) is 11.8 Å². The first-order chi connectivity index (χ1) is 11.1. The number of amides is 4. The second-order valence-corrected chi connectivity index (χ2v) is 7.06. The van der Waals surface area contributed by atoms with Gasteiger partial charge in [-0.15, -0.1) is 0 Å². The second kappa shape index (κ2) is 5.19. The second-order valence-electron chi connectivity index (χ2n) is 5.99. The van der Waals surface area contributed by atoms with Gasteiger partial charge in [0.15, 0.2) is 0 Å². The average molecular weight is 330 g/mol. The fraction of sp³-hybridized carbons (Fsp3) is 0.375. The monoisotopic (exact) mass is 330 g/mol. The van der Waals surface area contributed by atoms with Crippen LogP contribution in [0.1, 0.15) is 45.0 Å². The summed E-state index contributed by atoms with van der Waals surface area (Å²) in [7, 11) is 0. The van der Waals surface area contributed by atoms with E-state index in [1.54, 1.807) is 12.1 Å². The summed E-state index contributed by atoms with van der Waals surface area (Å²) < 4.78 is 0. The van der Waals surface area contributed by atoms with Crippen LogP contribution in [0.2, 0.25) is 0 Å². The Labute approximate surface area is 136 Å². The predicted octanol–water partition coefficient (Wildman–Crippen LogP) is 0.918. The number of piperidine rings is 1. The highest BCUT2D eigenvalue weighted by molar-refractivity contribution is 8.00. The number of carbonyl (C=O) groups is 4. The summed E-state index contributed by atoms with van der Waals surface area (Å²) in [6.45, 7) is 0. The van der Waals surface area contributed by atoms with Crippen LogP contribution in [0.5, 0.6) is 0 Å². The van der Waals surface area contributed by atoms with E-state index in [0.29, 0.717) is 17.0 Å². The molecule has 2 fully saturated rings. The van der Waals surface area contributed by atoms with Crippen LogP contribution in [0.25, 0.3) is 0 Å². The van der Waals surface area contributed by atoms with E-state index >= 15 is 0 Å². The Balaban J connectivity index is 1.66. The summed E-state index contributed by atoms with van der Waals surface area (Å²) in [4.78, 5) is 49.4. The quantitative estimate of drug-likeness (QED) is 0.815. The Kier molecular flexibility index (Phi) is 3.26. The highest BCUT2D eigenvalue weighted by Crippen LogP contribution is 2.36. The fourth-order valence-corrected chi connectivity index (χ4v) is 4.03. The van der Waals surface area contributed by atoms with E-state index < -0.39 is 23.8 Å². The maximum absolute atomic E-state index is 12.6. The molecular formula is C16H14N2O4S. The summed E-state index contributed by atoms with van der Waals surface area (Å²) >= 11 is 1.85. The summed E-state index contributed by atoms with van der Waals surface area (Å²) in [6.07, 6.45) is 0.316. The standard InChI is InChI=1S/C16H14N2O4S/c19-13-4-3-12(14(20)17-13)18-15(21)10-2-1-8(9-6-23-7-9)5-11(10)16(18)22/h1-2,5,9,12H,3-4,6-7H2,(H,17,19,20). The molecule has 0 saturated carbocycles. The van der Waals surface area contributed by atoms with Crippen molar-refractivity contribution >= 4 is 35.4 Å². The van der Waals surface area contributed by atoms with Crippen molar-refractivity contribution in [1.29, 1.82) is 0 Å². The van der Waals surface area contributed by atoms with Crippen LogP contribution in [0.3, 0.4) is 0 Å². The van der Waals surface area contributed by atoms with Crippen molar-refractivity contribution in [3.8, 4) is 0 Å². The summed E-state index contributed by atoms with van der Waals surface area (Å²) in [6, 6.07) is 4.45. The third-order valence-electron chi connectivity index (χ3n) is 4.57. The number of nitrogens with zero attached hydrogens (tertiary/aromatic N) is 1. The van der Waals surface area contributed by atoms with Gasteiger partial charge in [0.2, 0.25) is 11.8 Å². The molecule has 3 aliphatic rings. The lowest BCUT2D eigenvalue weighted by Gasteiger charge is -2.27. The Morgan fingerprint density at radius 3 is 2.43 bits per heavy atom. The van der Waals surface area contributed by atoms with Gasteiger partial charge in [0, 0.05) is 23.8 Å². The van der Waals surface area contributed by atoms with Crippen molar-refractivity contribution in [2.75, 3.05) is 11.5 Å². The molecule has 1 N–H and O–H groups in total. The molecule has 0 spiro atoms. The minimum Gasteiger partial charge on any atom is -0.295 e. The molecule has 4 amide bonds. The zero-order valence-electron chi connectivity index (χ0n) is 12.2. The van der Waals surface area contributed by atoms with E-state index in [9.17, 15) is 19.2 Å². The lowest BCUT2D eigenvalue weighted by Crippen LogP contribution is -2.54. The molecule has 1 unspecified atom stereocenters. The minimum absolute atomic E-state index is 0.133. The van der Waals surface area contributed by atoms with Gasteiger partial charge in [0.1, 0.15) is 6.04 Å². The number of rotatable bonds is 2. The number of hydrogen-bond acceptors (Lipinski definition) is 5. The van der Waals surface area contributed by atoms with Gasteiger partial charge in [0.05, 0.1) is 11.1 Å². The van der Waals surface area contributed by atoms with Crippen molar-refractivity contribution in [2.24, 2.45) is 0 Å². The lowest BCUT2D eigenvalue weighted by molar-refractivity contribution is -0.136. The number of imide groups is 2. The molecule has 0 bridgehead atoms. The van der Waals surface area contributed by atoms with Gasteiger partial charge in [-0.05, 0) is 24.1 Å². The molecular weight excluding hydrogens is 316 g/mol. The summed E-state index contributed by atoms with van der Waals surface area (Å²) in [5, 5.41) is 2.20. The number of nitrogens with one attached hydrogen (secondary N) is 1. The number of benzene rings is 1. The Morgan fingerprint density at radius 2 is 1.78 bits per heavy atom. The number of carbonyl (C=O) groups excluding carboxylic acids is 4. The largest absolute Gasteiger partial charge is 0.295 e. The van der Waals surface area contributed by atoms with Gasteiger partial charge in [0.25, 0.3) is 11.8 Å². The van der Waals surface area contributed by atoms with Gasteiger partial charge < -0.3 is 0 Å². The van der Waals surface area contributed by atoms with E-state index in [-0.39, 0.29) is 18.7 Å². The molecule has 23 heavy (non-hydrogen) atoms. The molecule has 6 nitrogen and oxygen atoms in total. The van der Waals surface area contributed by atoms with Gasteiger partial charge in [-0.25, -0.2) is 0 Å². The Hall–Kier alpha value is -2.15. The molecule has 3 heterocycles. The molecule has 3 aliphatic heterocycles. The summed E-state index contributed by atoms with van der Waals surface area (Å²) in [5.74, 6) is 0.648. The third-order valence-corrected chi connectivity index (χ3v) is 5.85. The van der Waals surface area contributed by atoms with E-state index in [4.69, 9.17) is 0 Å². The van der Waals surface area contributed by atoms with Gasteiger partial charge in [-0.1, -0.05) is 6.07 Å². The highest BCUT2D eigenvalue weighted by atomic mass is 32.2. The van der Waals surface area contributed by atoms with E-state index in [0.717, 1.165) is 22.0 Å². The maximum Gasteiger partial charge on any atom is 0.262 e. The summed E-state index contributed by atoms with van der Waals surface area (Å²) in [5.41, 5.74) is 1.78. The van der Waals surface area contributed by atoms with Crippen LogP contribution >= 0.6 is 11.8 Å². The van der Waals surface area contributed by atoms with Crippen molar-refractivity contribution in [3.63, 3.8) is 0 Å². The topological polar surface area (TPSA) is 83.6 Å². The third kappa shape index (κ3) is 2.18. The molecule has 0 radical (unpaired) electrons. The SMILES string of the molecule is O=C1CCC(N2C(=O)c3ccc(C4CSC4)cc3C2=O)C(=O)N1. The zero-order valence-corrected chi connectivity index (χ0v) is 13.0. The Morgan fingerprint density at radius 1 is 1.04 bits per heavy atom. The van der Waals surface area contributed by atoms with E-state index in [2.05, 4.69) is 5.32 Å². The molecule has 1 aromatic rings. The zero-order chi connectivity index (χ0) is 16.1.